The van der Waals surface area contributed by atoms with Gasteiger partial charge < -0.3 is 10.1 Å². The maximum atomic E-state index is 13.9. The summed E-state index contributed by atoms with van der Waals surface area (Å²) in [6.07, 6.45) is 0.676. The normalized spacial score (nSPS) is 11.4. The fourth-order valence-electron chi connectivity index (χ4n) is 3.42. The van der Waals surface area contributed by atoms with E-state index in [0.29, 0.717) is 25.1 Å². The highest BCUT2D eigenvalue weighted by molar-refractivity contribution is 6.10. The van der Waals surface area contributed by atoms with Crippen LogP contribution in [-0.2, 0) is 13.5 Å². The summed E-state index contributed by atoms with van der Waals surface area (Å²) in [4.78, 5) is 17.3. The summed E-state index contributed by atoms with van der Waals surface area (Å²) in [7, 11) is 1.91. The Bertz CT molecular complexity index is 1150. The lowest BCUT2D eigenvalue weighted by atomic mass is 10.1. The number of carbonyl (C=O) groups is 1. The summed E-state index contributed by atoms with van der Waals surface area (Å²) in [5.41, 5.74) is 4.62. The highest BCUT2D eigenvalue weighted by Gasteiger charge is 2.13. The molecule has 0 unspecified atom stereocenters. The zero-order valence-corrected chi connectivity index (χ0v) is 19.7. The lowest BCUT2D eigenvalue weighted by Gasteiger charge is -2.13. The van der Waals surface area contributed by atoms with Crippen molar-refractivity contribution in [3.8, 4) is 5.75 Å². The Labute approximate surface area is 193 Å². The number of aryl methyl sites for hydroxylation is 3. The molecule has 0 aliphatic heterocycles. The highest BCUT2D eigenvalue weighted by atomic mass is 19.1. The Morgan fingerprint density at radius 3 is 2.48 bits per heavy atom. The van der Waals surface area contributed by atoms with Gasteiger partial charge in [-0.1, -0.05) is 6.07 Å². The third-order valence-corrected chi connectivity index (χ3v) is 5.38. The molecule has 0 saturated heterocycles. The van der Waals surface area contributed by atoms with Gasteiger partial charge in [0, 0.05) is 30.5 Å². The van der Waals surface area contributed by atoms with E-state index in [1.54, 1.807) is 19.1 Å². The number of nitrogens with zero attached hydrogens (tertiary/aromatic N) is 3. The number of aromatic nitrogens is 2. The molecule has 0 bridgehead atoms. The Kier molecular flexibility index (Phi) is 7.82. The van der Waals surface area contributed by atoms with Crippen LogP contribution in [0, 0.1) is 26.6 Å². The van der Waals surface area contributed by atoms with Gasteiger partial charge in [0.1, 0.15) is 11.6 Å². The van der Waals surface area contributed by atoms with Crippen molar-refractivity contribution >= 4 is 17.6 Å². The van der Waals surface area contributed by atoms with Gasteiger partial charge in [-0.15, -0.1) is 0 Å². The number of rotatable bonds is 7. The van der Waals surface area contributed by atoms with E-state index in [9.17, 15) is 9.18 Å². The molecular formula is C25H30FN5O2. The molecule has 8 heteroatoms. The molecule has 1 heterocycles. The van der Waals surface area contributed by atoms with Gasteiger partial charge >= 0.3 is 0 Å². The molecular weight excluding hydrogens is 421 g/mol. The molecule has 0 fully saturated rings. The second-order valence-electron chi connectivity index (χ2n) is 7.75. The molecule has 0 atom stereocenters. The van der Waals surface area contributed by atoms with Gasteiger partial charge in [0.05, 0.1) is 12.3 Å². The van der Waals surface area contributed by atoms with Gasteiger partial charge in [-0.3, -0.25) is 19.8 Å². The third-order valence-electron chi connectivity index (χ3n) is 5.38. The Balaban J connectivity index is 1.78. The molecule has 2 N–H and O–H groups in total. The van der Waals surface area contributed by atoms with Crippen LogP contribution in [0.5, 0.6) is 5.75 Å². The lowest BCUT2D eigenvalue weighted by molar-refractivity contribution is 0.0976. The van der Waals surface area contributed by atoms with Crippen LogP contribution in [0.4, 0.5) is 10.1 Å². The standard InChI is InChI=1S/C25H30FN5O2/c1-6-33-21-11-9-20(10-12-21)28-25(27-14-13-22-17(3)30-31(5)18(22)4)29-24(32)19-8-7-16(2)23(26)15-19/h7-12,15H,6,13-14H2,1-5H3,(H2,27,28,29,32). The SMILES string of the molecule is CCOc1ccc(NC(=NCCc2c(C)nn(C)c2C)NC(=O)c2ccc(C)c(F)c2)cc1. The molecule has 2 aromatic carbocycles. The van der Waals surface area contributed by atoms with Crippen LogP contribution in [-0.4, -0.2) is 34.8 Å². The van der Waals surface area contributed by atoms with Crippen molar-refractivity contribution in [2.24, 2.45) is 12.0 Å². The number of nitrogens with one attached hydrogen (secondary N) is 2. The molecule has 7 nitrogen and oxygen atoms in total. The largest absolute Gasteiger partial charge is 0.494 e. The number of halogens is 1. The van der Waals surface area contributed by atoms with Gasteiger partial charge in [-0.2, -0.15) is 5.10 Å². The topological polar surface area (TPSA) is 80.5 Å². The molecule has 0 aliphatic carbocycles. The van der Waals surface area contributed by atoms with Crippen LogP contribution < -0.4 is 15.4 Å². The van der Waals surface area contributed by atoms with Gasteiger partial charge in [0.15, 0.2) is 0 Å². The minimum Gasteiger partial charge on any atom is -0.494 e. The van der Waals surface area contributed by atoms with E-state index in [4.69, 9.17) is 4.74 Å². The third kappa shape index (κ3) is 6.19. The molecule has 1 aromatic heterocycles. The maximum absolute atomic E-state index is 13.9. The number of ether oxygens (including phenoxy) is 1. The summed E-state index contributed by atoms with van der Waals surface area (Å²) in [5.74, 6) is 0.163. The van der Waals surface area contributed by atoms with Crippen molar-refractivity contribution in [3.63, 3.8) is 0 Å². The number of amides is 1. The van der Waals surface area contributed by atoms with Crippen LogP contribution in [0.15, 0.2) is 47.5 Å². The Morgan fingerprint density at radius 1 is 1.15 bits per heavy atom. The minimum atomic E-state index is -0.445. The summed E-state index contributed by atoms with van der Waals surface area (Å²) in [5, 5.41) is 10.4. The van der Waals surface area contributed by atoms with Crippen LogP contribution in [0.3, 0.4) is 0 Å². The average molecular weight is 452 g/mol. The number of anilines is 1. The first-order valence-electron chi connectivity index (χ1n) is 10.9. The number of benzene rings is 2. The van der Waals surface area contributed by atoms with Crippen molar-refractivity contribution in [1.29, 1.82) is 0 Å². The molecule has 0 spiro atoms. The van der Waals surface area contributed by atoms with Crippen LogP contribution >= 0.6 is 0 Å². The molecule has 0 saturated carbocycles. The molecule has 0 aliphatic rings. The first-order chi connectivity index (χ1) is 15.8. The molecule has 33 heavy (non-hydrogen) atoms. The van der Waals surface area contributed by atoms with E-state index in [1.807, 2.05) is 56.8 Å². The first kappa shape index (κ1) is 24.0. The molecule has 3 aromatic rings. The average Bonchev–Trinajstić information content (AvgIpc) is 3.03. The van der Waals surface area contributed by atoms with E-state index < -0.39 is 11.7 Å². The van der Waals surface area contributed by atoms with Crippen molar-refractivity contribution in [3.05, 3.63) is 76.4 Å². The van der Waals surface area contributed by atoms with Gasteiger partial charge in [-0.05, 0) is 81.6 Å². The monoisotopic (exact) mass is 451 g/mol. The number of guanidine groups is 1. The predicted molar refractivity (Wildman–Crippen MR) is 129 cm³/mol. The smallest absolute Gasteiger partial charge is 0.258 e. The number of carbonyl (C=O) groups excluding carboxylic acids is 1. The lowest BCUT2D eigenvalue weighted by Crippen LogP contribution is -2.36. The van der Waals surface area contributed by atoms with Crippen LogP contribution in [0.2, 0.25) is 0 Å². The fraction of sp³-hybridized carbons (Fsp3) is 0.320. The van der Waals surface area contributed by atoms with E-state index >= 15 is 0 Å². The van der Waals surface area contributed by atoms with Crippen LogP contribution in [0.1, 0.15) is 39.8 Å². The maximum Gasteiger partial charge on any atom is 0.258 e. The van der Waals surface area contributed by atoms with Gasteiger partial charge in [0.2, 0.25) is 5.96 Å². The number of aliphatic imine (C=N–C) groups is 1. The van der Waals surface area contributed by atoms with E-state index in [0.717, 1.165) is 28.4 Å². The summed E-state index contributed by atoms with van der Waals surface area (Å²) < 4.78 is 21.3. The molecule has 174 valence electrons. The second-order valence-corrected chi connectivity index (χ2v) is 7.75. The van der Waals surface area contributed by atoms with E-state index in [-0.39, 0.29) is 11.5 Å². The predicted octanol–water partition coefficient (Wildman–Crippen LogP) is 4.32. The van der Waals surface area contributed by atoms with Crippen LogP contribution in [0.25, 0.3) is 0 Å². The van der Waals surface area contributed by atoms with Crippen molar-refractivity contribution < 1.29 is 13.9 Å². The van der Waals surface area contributed by atoms with Gasteiger partial charge in [-0.25, -0.2) is 4.39 Å². The summed E-state index contributed by atoms with van der Waals surface area (Å²) in [6, 6.07) is 11.7. The molecule has 0 radical (unpaired) electrons. The summed E-state index contributed by atoms with van der Waals surface area (Å²) in [6.45, 7) is 8.58. The zero-order valence-electron chi connectivity index (χ0n) is 19.7. The quantitative estimate of drug-likeness (QED) is 0.414. The summed E-state index contributed by atoms with van der Waals surface area (Å²) >= 11 is 0. The van der Waals surface area contributed by atoms with Gasteiger partial charge in [0.25, 0.3) is 5.91 Å². The first-order valence-corrected chi connectivity index (χ1v) is 10.9. The number of hydrogen-bond donors (Lipinski definition) is 2. The Morgan fingerprint density at radius 2 is 1.88 bits per heavy atom. The van der Waals surface area contributed by atoms with Crippen molar-refractivity contribution in [1.82, 2.24) is 15.1 Å². The minimum absolute atomic E-state index is 0.221. The fourth-order valence-corrected chi connectivity index (χ4v) is 3.42. The number of hydrogen-bond acceptors (Lipinski definition) is 4. The molecule has 3 rings (SSSR count). The highest BCUT2D eigenvalue weighted by Crippen LogP contribution is 2.16. The van der Waals surface area contributed by atoms with E-state index in [1.165, 1.54) is 6.07 Å². The van der Waals surface area contributed by atoms with E-state index in [2.05, 4.69) is 20.7 Å². The molecule has 1 amide bonds. The zero-order chi connectivity index (χ0) is 24.0. The van der Waals surface area contributed by atoms with Crippen molar-refractivity contribution in [2.75, 3.05) is 18.5 Å². The second kappa shape index (κ2) is 10.8. The van der Waals surface area contributed by atoms with Crippen molar-refractivity contribution in [2.45, 2.75) is 34.1 Å². The Hall–Kier alpha value is -3.68.